The van der Waals surface area contributed by atoms with Gasteiger partial charge in [0.1, 0.15) is 5.75 Å². The molecule has 0 aromatic carbocycles. The van der Waals surface area contributed by atoms with Gasteiger partial charge in [-0.3, -0.25) is 4.79 Å². The van der Waals surface area contributed by atoms with E-state index < -0.39 is 21.6 Å². The van der Waals surface area contributed by atoms with E-state index in [0.29, 0.717) is 12.8 Å². The number of ether oxygens (including phenoxy) is 1. The normalized spacial score (nSPS) is 18.8. The SMILES string of the molecule is COC(=O)CS(=O)(=O)C1CCCC1. The van der Waals surface area contributed by atoms with Crippen LogP contribution in [0.1, 0.15) is 25.7 Å². The van der Waals surface area contributed by atoms with E-state index >= 15 is 0 Å². The predicted molar refractivity (Wildman–Crippen MR) is 48.1 cm³/mol. The molecule has 0 aromatic heterocycles. The Morgan fingerprint density at radius 1 is 1.38 bits per heavy atom. The summed E-state index contributed by atoms with van der Waals surface area (Å²) < 4.78 is 27.3. The Bertz CT molecular complexity index is 275. The molecular formula is C8H14O4S. The molecule has 1 aliphatic rings. The molecule has 0 atom stereocenters. The quantitative estimate of drug-likeness (QED) is 0.631. The standard InChI is InChI=1S/C8H14O4S/c1-12-8(9)6-13(10,11)7-4-2-3-5-7/h7H,2-6H2,1H3. The van der Waals surface area contributed by atoms with E-state index in [0.717, 1.165) is 12.8 Å². The van der Waals surface area contributed by atoms with Crippen molar-refractivity contribution < 1.29 is 17.9 Å². The number of hydrogen-bond donors (Lipinski definition) is 0. The first-order valence-electron chi connectivity index (χ1n) is 4.34. The van der Waals surface area contributed by atoms with Crippen molar-refractivity contribution in [2.45, 2.75) is 30.9 Å². The topological polar surface area (TPSA) is 60.4 Å². The van der Waals surface area contributed by atoms with E-state index in [1.165, 1.54) is 7.11 Å². The van der Waals surface area contributed by atoms with Crippen LogP contribution in [-0.2, 0) is 19.4 Å². The summed E-state index contributed by atoms with van der Waals surface area (Å²) in [5, 5.41) is -0.313. The summed E-state index contributed by atoms with van der Waals surface area (Å²) in [4.78, 5) is 10.8. The number of methoxy groups -OCH3 is 1. The van der Waals surface area contributed by atoms with Crippen LogP contribution in [0.2, 0.25) is 0 Å². The van der Waals surface area contributed by atoms with E-state index in [4.69, 9.17) is 0 Å². The second kappa shape index (κ2) is 4.09. The fraction of sp³-hybridized carbons (Fsp3) is 0.875. The molecule has 0 spiro atoms. The van der Waals surface area contributed by atoms with Crippen LogP contribution in [0.3, 0.4) is 0 Å². The van der Waals surface area contributed by atoms with Gasteiger partial charge in [0.05, 0.1) is 12.4 Å². The van der Waals surface area contributed by atoms with Crippen molar-refractivity contribution in [3.63, 3.8) is 0 Å². The number of carbonyl (C=O) groups is 1. The van der Waals surface area contributed by atoms with Crippen LogP contribution in [0.4, 0.5) is 0 Å². The fourth-order valence-corrected chi connectivity index (χ4v) is 3.32. The van der Waals surface area contributed by atoms with Gasteiger partial charge in [0.15, 0.2) is 9.84 Å². The molecule has 4 nitrogen and oxygen atoms in total. The summed E-state index contributed by atoms with van der Waals surface area (Å²) in [6, 6.07) is 0. The van der Waals surface area contributed by atoms with Gasteiger partial charge in [-0.2, -0.15) is 0 Å². The maximum Gasteiger partial charge on any atom is 0.320 e. The molecule has 0 heterocycles. The Morgan fingerprint density at radius 2 is 1.92 bits per heavy atom. The summed E-state index contributed by atoms with van der Waals surface area (Å²) in [6.45, 7) is 0. The molecule has 1 fully saturated rings. The number of sulfone groups is 1. The zero-order valence-corrected chi connectivity index (χ0v) is 8.47. The molecule has 5 heteroatoms. The average Bonchev–Trinajstić information content (AvgIpc) is 2.55. The zero-order valence-electron chi connectivity index (χ0n) is 7.65. The minimum atomic E-state index is -3.25. The molecule has 13 heavy (non-hydrogen) atoms. The predicted octanol–water partition coefficient (Wildman–Crippen LogP) is 0.517. The van der Waals surface area contributed by atoms with E-state index in [1.807, 2.05) is 0 Å². The molecule has 1 rings (SSSR count). The smallest absolute Gasteiger partial charge is 0.320 e. The minimum absolute atomic E-state index is 0.313. The van der Waals surface area contributed by atoms with Gasteiger partial charge in [0.25, 0.3) is 0 Å². The van der Waals surface area contributed by atoms with Gasteiger partial charge in [-0.25, -0.2) is 8.42 Å². The molecule has 1 aliphatic carbocycles. The number of hydrogen-bond acceptors (Lipinski definition) is 4. The van der Waals surface area contributed by atoms with Crippen molar-refractivity contribution in [3.05, 3.63) is 0 Å². The first-order valence-corrected chi connectivity index (χ1v) is 6.06. The monoisotopic (exact) mass is 206 g/mol. The Balaban J connectivity index is 2.60. The van der Waals surface area contributed by atoms with E-state index in [-0.39, 0.29) is 5.25 Å². The van der Waals surface area contributed by atoms with E-state index in [9.17, 15) is 13.2 Å². The van der Waals surface area contributed by atoms with Crippen molar-refractivity contribution >= 4 is 15.8 Å². The van der Waals surface area contributed by atoms with E-state index in [2.05, 4.69) is 4.74 Å². The molecule has 0 aromatic rings. The third kappa shape index (κ3) is 2.69. The highest BCUT2D eigenvalue weighted by atomic mass is 32.2. The maximum absolute atomic E-state index is 11.5. The number of rotatable bonds is 3. The van der Waals surface area contributed by atoms with Crippen LogP contribution in [0.15, 0.2) is 0 Å². The van der Waals surface area contributed by atoms with Crippen molar-refractivity contribution in [3.8, 4) is 0 Å². The van der Waals surface area contributed by atoms with Crippen LogP contribution >= 0.6 is 0 Å². The Morgan fingerprint density at radius 3 is 2.38 bits per heavy atom. The molecular weight excluding hydrogens is 192 g/mol. The average molecular weight is 206 g/mol. The lowest BCUT2D eigenvalue weighted by atomic mass is 10.4. The van der Waals surface area contributed by atoms with Crippen LogP contribution in [0, 0.1) is 0 Å². The van der Waals surface area contributed by atoms with Crippen molar-refractivity contribution in [1.29, 1.82) is 0 Å². The maximum atomic E-state index is 11.5. The summed E-state index contributed by atoms with van der Waals surface area (Å²) >= 11 is 0. The Labute approximate surface area is 78.2 Å². The second-order valence-electron chi connectivity index (χ2n) is 3.29. The third-order valence-corrected chi connectivity index (χ3v) is 4.48. The van der Waals surface area contributed by atoms with Crippen LogP contribution in [0.5, 0.6) is 0 Å². The third-order valence-electron chi connectivity index (χ3n) is 2.36. The molecule has 1 saturated carbocycles. The van der Waals surface area contributed by atoms with Crippen LogP contribution in [-0.4, -0.2) is 32.5 Å². The van der Waals surface area contributed by atoms with Gasteiger partial charge in [-0.05, 0) is 12.8 Å². The van der Waals surface area contributed by atoms with Crippen LogP contribution in [0.25, 0.3) is 0 Å². The molecule has 0 amide bonds. The fourth-order valence-electron chi connectivity index (χ4n) is 1.59. The van der Waals surface area contributed by atoms with Crippen molar-refractivity contribution in [1.82, 2.24) is 0 Å². The molecule has 0 N–H and O–H groups in total. The first-order chi connectivity index (χ1) is 6.06. The molecule has 0 bridgehead atoms. The highest BCUT2D eigenvalue weighted by Crippen LogP contribution is 2.25. The van der Waals surface area contributed by atoms with Gasteiger partial charge in [-0.15, -0.1) is 0 Å². The Hall–Kier alpha value is -0.580. The number of esters is 1. The summed E-state index contributed by atoms with van der Waals surface area (Å²) in [5.74, 6) is -1.12. The van der Waals surface area contributed by atoms with Crippen molar-refractivity contribution in [2.24, 2.45) is 0 Å². The zero-order chi connectivity index (χ0) is 9.90. The highest BCUT2D eigenvalue weighted by molar-refractivity contribution is 7.92. The number of carbonyl (C=O) groups excluding carboxylic acids is 1. The first kappa shape index (κ1) is 10.5. The lowest BCUT2D eigenvalue weighted by Gasteiger charge is -2.08. The van der Waals surface area contributed by atoms with Gasteiger partial charge in [0.2, 0.25) is 0 Å². The van der Waals surface area contributed by atoms with Crippen LogP contribution < -0.4 is 0 Å². The summed E-state index contributed by atoms with van der Waals surface area (Å²) in [5.41, 5.74) is 0. The minimum Gasteiger partial charge on any atom is -0.468 e. The van der Waals surface area contributed by atoms with Gasteiger partial charge in [-0.1, -0.05) is 12.8 Å². The largest absolute Gasteiger partial charge is 0.468 e. The molecule has 0 radical (unpaired) electrons. The van der Waals surface area contributed by atoms with Gasteiger partial charge < -0.3 is 4.74 Å². The summed E-state index contributed by atoms with van der Waals surface area (Å²) in [6.07, 6.45) is 3.29. The Kier molecular flexibility index (Phi) is 3.30. The molecule has 0 unspecified atom stereocenters. The molecule has 0 saturated heterocycles. The lowest BCUT2D eigenvalue weighted by Crippen LogP contribution is -2.26. The van der Waals surface area contributed by atoms with Gasteiger partial charge in [0, 0.05) is 0 Å². The lowest BCUT2D eigenvalue weighted by molar-refractivity contribution is -0.137. The van der Waals surface area contributed by atoms with E-state index in [1.54, 1.807) is 0 Å². The molecule has 76 valence electrons. The summed E-state index contributed by atoms with van der Waals surface area (Å²) in [7, 11) is -2.04. The van der Waals surface area contributed by atoms with Gasteiger partial charge >= 0.3 is 5.97 Å². The molecule has 0 aliphatic heterocycles. The highest BCUT2D eigenvalue weighted by Gasteiger charge is 2.30. The second-order valence-corrected chi connectivity index (χ2v) is 5.57. The van der Waals surface area contributed by atoms with Crippen molar-refractivity contribution in [2.75, 3.05) is 12.9 Å².